The van der Waals surface area contributed by atoms with Crippen molar-refractivity contribution in [3.05, 3.63) is 12.1 Å². The zero-order valence-corrected chi connectivity index (χ0v) is 15.8. The Morgan fingerprint density at radius 3 is 1.86 bits per heavy atom. The molecule has 0 bridgehead atoms. The molecule has 150 valence electrons. The Balaban J connectivity index is 1.58. The van der Waals surface area contributed by atoms with Gasteiger partial charge in [0.1, 0.15) is 0 Å². The third-order valence-corrected chi connectivity index (χ3v) is 4.28. The van der Waals surface area contributed by atoms with Gasteiger partial charge in [0.15, 0.2) is 0 Å². The minimum absolute atomic E-state index is 0.177. The molecule has 2 fully saturated rings. The van der Waals surface area contributed by atoms with Gasteiger partial charge in [0.25, 0.3) is 0 Å². The molecule has 0 spiro atoms. The van der Waals surface area contributed by atoms with Crippen molar-refractivity contribution >= 4 is 11.9 Å². The van der Waals surface area contributed by atoms with Gasteiger partial charge in [0.2, 0.25) is 23.7 Å². The molecule has 0 saturated carbocycles. The first kappa shape index (κ1) is 18.6. The minimum Gasteiger partial charge on any atom is -0.477 e. The summed E-state index contributed by atoms with van der Waals surface area (Å²) in [7, 11) is 0. The zero-order valence-electron chi connectivity index (χ0n) is 15.8. The lowest BCUT2D eigenvalue weighted by Gasteiger charge is -2.30. The van der Waals surface area contributed by atoms with Gasteiger partial charge in [-0.15, -0.1) is 10.2 Å². The Hall–Kier alpha value is -2.79. The smallest absolute Gasteiger partial charge is 0.330 e. The molecule has 0 aromatic carbocycles. The number of hydrogen-bond acceptors (Lipinski definition) is 11. The molecule has 11 nitrogen and oxygen atoms in total. The first-order valence-electron chi connectivity index (χ1n) is 9.37. The summed E-state index contributed by atoms with van der Waals surface area (Å²) in [4.78, 5) is 17.7. The van der Waals surface area contributed by atoms with Crippen molar-refractivity contribution in [3.8, 4) is 17.8 Å². The average Bonchev–Trinajstić information content (AvgIpc) is 2.76. The maximum atomic E-state index is 5.77. The molecule has 2 aromatic rings. The van der Waals surface area contributed by atoms with Crippen LogP contribution in [0.2, 0.25) is 0 Å². The molecule has 0 aliphatic carbocycles. The highest BCUT2D eigenvalue weighted by Crippen LogP contribution is 2.23. The molecular formula is C17H23N7O4. The molecule has 4 heterocycles. The zero-order chi connectivity index (χ0) is 19.2. The molecule has 0 atom stereocenters. The average molecular weight is 389 g/mol. The minimum atomic E-state index is 0.177. The summed E-state index contributed by atoms with van der Waals surface area (Å²) in [6.07, 6.45) is 0. The fourth-order valence-corrected chi connectivity index (χ4v) is 2.87. The number of aromatic nitrogens is 5. The highest BCUT2D eigenvalue weighted by Gasteiger charge is 2.21. The lowest BCUT2D eigenvalue weighted by atomic mass is 10.4. The van der Waals surface area contributed by atoms with Gasteiger partial charge in [0.05, 0.1) is 33.0 Å². The largest absolute Gasteiger partial charge is 0.477 e. The maximum Gasteiger partial charge on any atom is 0.330 e. The van der Waals surface area contributed by atoms with E-state index in [-0.39, 0.29) is 11.9 Å². The van der Waals surface area contributed by atoms with Crippen LogP contribution in [0.4, 0.5) is 11.9 Å². The maximum absolute atomic E-state index is 5.77. The van der Waals surface area contributed by atoms with Gasteiger partial charge >= 0.3 is 6.01 Å². The first-order valence-corrected chi connectivity index (χ1v) is 9.37. The molecular weight excluding hydrogens is 366 g/mol. The number of nitrogens with zero attached hydrogens (tertiary/aromatic N) is 7. The summed E-state index contributed by atoms with van der Waals surface area (Å²) >= 11 is 0. The first-order chi connectivity index (χ1) is 13.8. The van der Waals surface area contributed by atoms with E-state index in [1.807, 2.05) is 6.92 Å². The van der Waals surface area contributed by atoms with Crippen LogP contribution < -0.4 is 19.3 Å². The number of hydrogen-bond donors (Lipinski definition) is 0. The van der Waals surface area contributed by atoms with Crippen molar-refractivity contribution < 1.29 is 18.9 Å². The predicted molar refractivity (Wildman–Crippen MR) is 99.2 cm³/mol. The topological polar surface area (TPSA) is 108 Å². The van der Waals surface area contributed by atoms with Crippen LogP contribution in [0.3, 0.4) is 0 Å². The van der Waals surface area contributed by atoms with Crippen molar-refractivity contribution in [2.24, 2.45) is 0 Å². The Kier molecular flexibility index (Phi) is 5.92. The summed E-state index contributed by atoms with van der Waals surface area (Å²) < 4.78 is 21.9. The Morgan fingerprint density at radius 1 is 0.821 bits per heavy atom. The highest BCUT2D eigenvalue weighted by molar-refractivity contribution is 5.41. The van der Waals surface area contributed by atoms with Crippen LogP contribution in [0.1, 0.15) is 6.92 Å². The summed E-state index contributed by atoms with van der Waals surface area (Å²) in [5.41, 5.74) is 0. The Bertz CT molecular complexity index is 728. The van der Waals surface area contributed by atoms with E-state index < -0.39 is 0 Å². The fraction of sp³-hybridized carbons (Fsp3) is 0.588. The van der Waals surface area contributed by atoms with E-state index >= 15 is 0 Å². The van der Waals surface area contributed by atoms with Crippen LogP contribution in [0.15, 0.2) is 12.1 Å². The SMILES string of the molecule is CCOc1ccc(Oc2nc(N3CCOCC3)nc(N3CCOCC3)n2)nn1. The van der Waals surface area contributed by atoms with Crippen molar-refractivity contribution in [1.29, 1.82) is 0 Å². The molecule has 4 rings (SSSR count). The van der Waals surface area contributed by atoms with Gasteiger partial charge in [-0.05, 0) is 6.92 Å². The second kappa shape index (κ2) is 8.93. The molecule has 2 saturated heterocycles. The lowest BCUT2D eigenvalue weighted by Crippen LogP contribution is -2.40. The molecule has 28 heavy (non-hydrogen) atoms. The third-order valence-electron chi connectivity index (χ3n) is 4.28. The molecule has 2 aromatic heterocycles. The quantitative estimate of drug-likeness (QED) is 0.690. The predicted octanol–water partition coefficient (Wildman–Crippen LogP) is 0.526. The Labute approximate surface area is 162 Å². The standard InChI is InChI=1S/C17H23N7O4/c1-2-27-13-3-4-14(22-21-13)28-17-19-15(23-5-9-25-10-6-23)18-16(20-17)24-7-11-26-12-8-24/h3-4H,2,5-12H2,1H3. The number of ether oxygens (including phenoxy) is 4. The van der Waals surface area contributed by atoms with E-state index in [9.17, 15) is 0 Å². The molecule has 0 amide bonds. The van der Waals surface area contributed by atoms with Crippen molar-refractivity contribution in [3.63, 3.8) is 0 Å². The third kappa shape index (κ3) is 4.54. The van der Waals surface area contributed by atoms with E-state index in [1.54, 1.807) is 12.1 Å². The molecule has 0 N–H and O–H groups in total. The lowest BCUT2D eigenvalue weighted by molar-refractivity contribution is 0.121. The molecule has 0 radical (unpaired) electrons. The second-order valence-corrected chi connectivity index (χ2v) is 6.16. The second-order valence-electron chi connectivity index (χ2n) is 6.16. The monoisotopic (exact) mass is 389 g/mol. The van der Waals surface area contributed by atoms with Gasteiger partial charge in [-0.2, -0.15) is 15.0 Å². The van der Waals surface area contributed by atoms with Gasteiger partial charge < -0.3 is 28.7 Å². The van der Waals surface area contributed by atoms with Gasteiger partial charge in [-0.3, -0.25) is 0 Å². The van der Waals surface area contributed by atoms with Crippen molar-refractivity contribution in [2.45, 2.75) is 6.92 Å². The number of morpholine rings is 2. The van der Waals surface area contributed by atoms with Crippen LogP contribution >= 0.6 is 0 Å². The summed E-state index contributed by atoms with van der Waals surface area (Å²) in [6, 6.07) is 3.54. The van der Waals surface area contributed by atoms with Crippen LogP contribution in [-0.4, -0.2) is 84.4 Å². The molecule has 11 heteroatoms. The van der Waals surface area contributed by atoms with E-state index in [0.29, 0.717) is 50.8 Å². The number of rotatable bonds is 6. The molecule has 2 aliphatic rings. The van der Waals surface area contributed by atoms with Crippen LogP contribution in [0.5, 0.6) is 17.8 Å². The number of anilines is 2. The highest BCUT2D eigenvalue weighted by atomic mass is 16.5. The normalized spacial score (nSPS) is 17.5. The summed E-state index contributed by atoms with van der Waals surface area (Å²) in [6.45, 7) is 7.83. The van der Waals surface area contributed by atoms with Crippen LogP contribution in [-0.2, 0) is 9.47 Å². The summed E-state index contributed by atoms with van der Waals surface area (Å²) in [5.74, 6) is 1.85. The van der Waals surface area contributed by atoms with E-state index in [2.05, 4.69) is 34.9 Å². The van der Waals surface area contributed by atoms with Crippen LogP contribution in [0, 0.1) is 0 Å². The fourth-order valence-electron chi connectivity index (χ4n) is 2.87. The molecule has 0 unspecified atom stereocenters. The van der Waals surface area contributed by atoms with Crippen molar-refractivity contribution in [1.82, 2.24) is 25.1 Å². The van der Waals surface area contributed by atoms with E-state index in [0.717, 1.165) is 26.2 Å². The van der Waals surface area contributed by atoms with Gasteiger partial charge in [0, 0.05) is 38.3 Å². The summed E-state index contributed by atoms with van der Waals surface area (Å²) in [5, 5.41) is 7.98. The Morgan fingerprint density at radius 2 is 1.36 bits per heavy atom. The van der Waals surface area contributed by atoms with E-state index in [4.69, 9.17) is 18.9 Å². The van der Waals surface area contributed by atoms with E-state index in [1.165, 1.54) is 0 Å². The van der Waals surface area contributed by atoms with Crippen molar-refractivity contribution in [2.75, 3.05) is 69.0 Å². The van der Waals surface area contributed by atoms with Gasteiger partial charge in [-0.1, -0.05) is 0 Å². The van der Waals surface area contributed by atoms with Crippen LogP contribution in [0.25, 0.3) is 0 Å². The van der Waals surface area contributed by atoms with Gasteiger partial charge in [-0.25, -0.2) is 0 Å². The molecule has 2 aliphatic heterocycles.